The predicted octanol–water partition coefficient (Wildman–Crippen LogP) is 1.43. The normalized spacial score (nSPS) is 35.8. The Morgan fingerprint density at radius 1 is 1.12 bits per heavy atom. The van der Waals surface area contributed by atoms with Crippen LogP contribution < -0.4 is 16.1 Å². The molecule has 6 heteroatoms. The molecule has 4 N–H and O–H groups in total. The van der Waals surface area contributed by atoms with E-state index in [1.165, 1.54) is 30.7 Å². The van der Waals surface area contributed by atoms with Crippen molar-refractivity contribution in [3.63, 3.8) is 0 Å². The Morgan fingerprint density at radius 3 is 2.80 bits per heavy atom. The van der Waals surface area contributed by atoms with E-state index >= 15 is 0 Å². The van der Waals surface area contributed by atoms with Crippen molar-refractivity contribution >= 4 is 5.91 Å². The number of rotatable bonds is 2. The molecule has 4 atom stereocenters. The maximum Gasteiger partial charge on any atom is 0.247 e. The molecule has 1 amide bonds. The number of allylic oxidation sites excluding steroid dienone is 1. The van der Waals surface area contributed by atoms with E-state index in [0.29, 0.717) is 23.8 Å². The summed E-state index contributed by atoms with van der Waals surface area (Å²) >= 11 is 0. The first-order valence-corrected chi connectivity index (χ1v) is 9.73. The summed E-state index contributed by atoms with van der Waals surface area (Å²) in [6, 6.07) is 4.72. The molecule has 3 aliphatic heterocycles. The SMILES string of the molecule is O=C1C=C(C2CCNCC2)N2NC3CCCC(c4ccc[nH]4)C3C2N1. The monoisotopic (exact) mass is 341 g/mol. The number of hydrazine groups is 1. The highest BCUT2D eigenvalue weighted by Gasteiger charge is 2.51. The van der Waals surface area contributed by atoms with Crippen molar-refractivity contribution in [1.29, 1.82) is 0 Å². The number of amides is 1. The van der Waals surface area contributed by atoms with Crippen LogP contribution in [0.15, 0.2) is 30.1 Å². The molecule has 1 aromatic rings. The molecule has 0 radical (unpaired) electrons. The molecule has 0 bridgehead atoms. The number of carbonyl (C=O) groups excluding carboxylic acids is 1. The first kappa shape index (κ1) is 15.5. The summed E-state index contributed by atoms with van der Waals surface area (Å²) in [6.45, 7) is 2.08. The summed E-state index contributed by atoms with van der Waals surface area (Å²) in [5, 5.41) is 9.00. The molecule has 0 aromatic carbocycles. The van der Waals surface area contributed by atoms with Crippen LogP contribution >= 0.6 is 0 Å². The molecule has 3 fully saturated rings. The quantitative estimate of drug-likeness (QED) is 0.657. The van der Waals surface area contributed by atoms with Gasteiger partial charge in [-0.25, -0.2) is 5.43 Å². The van der Waals surface area contributed by atoms with Gasteiger partial charge in [0.15, 0.2) is 0 Å². The predicted molar refractivity (Wildman–Crippen MR) is 95.2 cm³/mol. The number of aromatic nitrogens is 1. The van der Waals surface area contributed by atoms with Crippen LogP contribution in [-0.4, -0.2) is 41.2 Å². The van der Waals surface area contributed by atoms with Gasteiger partial charge in [0.05, 0.1) is 0 Å². The Balaban J connectivity index is 1.46. The maximum absolute atomic E-state index is 12.5. The van der Waals surface area contributed by atoms with Crippen molar-refractivity contribution in [2.45, 2.75) is 50.2 Å². The van der Waals surface area contributed by atoms with Crippen molar-refractivity contribution in [2.24, 2.45) is 11.8 Å². The summed E-state index contributed by atoms with van der Waals surface area (Å²) in [5.41, 5.74) is 6.29. The van der Waals surface area contributed by atoms with Gasteiger partial charge in [0.25, 0.3) is 0 Å². The Morgan fingerprint density at radius 2 is 2.00 bits per heavy atom. The molecule has 4 heterocycles. The molecule has 4 aliphatic rings. The largest absolute Gasteiger partial charge is 0.365 e. The zero-order chi connectivity index (χ0) is 16.8. The van der Waals surface area contributed by atoms with E-state index in [-0.39, 0.29) is 12.1 Å². The number of nitrogens with zero attached hydrogens (tertiary/aromatic N) is 1. The van der Waals surface area contributed by atoms with E-state index in [9.17, 15) is 4.79 Å². The molecule has 2 saturated heterocycles. The molecule has 134 valence electrons. The summed E-state index contributed by atoms with van der Waals surface area (Å²) in [6.07, 6.45) is 9.75. The van der Waals surface area contributed by atoms with E-state index in [1.54, 1.807) is 0 Å². The van der Waals surface area contributed by atoms with Gasteiger partial charge in [-0.05, 0) is 50.9 Å². The average Bonchev–Trinajstić information content (AvgIpc) is 3.29. The van der Waals surface area contributed by atoms with Crippen LogP contribution in [0.2, 0.25) is 0 Å². The van der Waals surface area contributed by atoms with E-state index in [4.69, 9.17) is 0 Å². The molecule has 25 heavy (non-hydrogen) atoms. The van der Waals surface area contributed by atoms with Gasteiger partial charge < -0.3 is 15.6 Å². The number of aromatic amines is 1. The fraction of sp³-hybridized carbons (Fsp3) is 0.632. The van der Waals surface area contributed by atoms with Gasteiger partial charge in [0, 0.05) is 47.5 Å². The molecular weight excluding hydrogens is 314 g/mol. The van der Waals surface area contributed by atoms with Gasteiger partial charge >= 0.3 is 0 Å². The van der Waals surface area contributed by atoms with Crippen molar-refractivity contribution in [2.75, 3.05) is 13.1 Å². The van der Waals surface area contributed by atoms with Crippen molar-refractivity contribution in [3.05, 3.63) is 35.8 Å². The fourth-order valence-corrected chi connectivity index (χ4v) is 5.40. The number of hydrogen-bond donors (Lipinski definition) is 4. The standard InChI is InChI=1S/C19H27N5O/c25-17-11-16(12-6-9-20-10-7-12)24-19(22-17)18-13(14-5-2-8-21-14)3-1-4-15(18)23-24/h2,5,8,11-13,15,18-21,23H,1,3-4,6-7,9-10H2,(H,22,25). The Bertz CT molecular complexity index is 663. The molecule has 1 aliphatic carbocycles. The van der Waals surface area contributed by atoms with E-state index in [1.807, 2.05) is 12.3 Å². The third kappa shape index (κ3) is 2.59. The number of carbonyl (C=O) groups is 1. The highest BCUT2D eigenvalue weighted by atomic mass is 16.2. The van der Waals surface area contributed by atoms with E-state index in [2.05, 4.69) is 38.2 Å². The second-order valence-corrected chi connectivity index (χ2v) is 7.89. The number of hydrogen-bond acceptors (Lipinski definition) is 4. The van der Waals surface area contributed by atoms with Crippen LogP contribution in [0, 0.1) is 11.8 Å². The van der Waals surface area contributed by atoms with Gasteiger partial charge in [-0.15, -0.1) is 0 Å². The minimum Gasteiger partial charge on any atom is -0.365 e. The Labute approximate surface area is 148 Å². The third-order valence-corrected chi connectivity index (χ3v) is 6.53. The lowest BCUT2D eigenvalue weighted by Crippen LogP contribution is -2.54. The lowest BCUT2D eigenvalue weighted by atomic mass is 9.73. The minimum absolute atomic E-state index is 0.0704. The van der Waals surface area contributed by atoms with Gasteiger partial charge in [-0.2, -0.15) is 0 Å². The Kier molecular flexibility index (Phi) is 3.82. The number of piperidine rings is 1. The van der Waals surface area contributed by atoms with Crippen LogP contribution in [0.5, 0.6) is 0 Å². The molecular formula is C19H27N5O. The van der Waals surface area contributed by atoms with Crippen molar-refractivity contribution < 1.29 is 4.79 Å². The second-order valence-electron chi connectivity index (χ2n) is 7.89. The van der Waals surface area contributed by atoms with E-state index in [0.717, 1.165) is 25.9 Å². The highest BCUT2D eigenvalue weighted by Crippen LogP contribution is 2.45. The minimum atomic E-state index is 0.0704. The first-order chi connectivity index (χ1) is 12.3. The highest BCUT2D eigenvalue weighted by molar-refractivity contribution is 5.89. The lowest BCUT2D eigenvalue weighted by Gasteiger charge is -2.40. The zero-order valence-electron chi connectivity index (χ0n) is 14.5. The Hall–Kier alpha value is -1.79. The smallest absolute Gasteiger partial charge is 0.247 e. The van der Waals surface area contributed by atoms with Crippen LogP contribution in [0.3, 0.4) is 0 Å². The summed E-state index contributed by atoms with van der Waals surface area (Å²) in [4.78, 5) is 15.9. The molecule has 1 aromatic heterocycles. The summed E-state index contributed by atoms with van der Waals surface area (Å²) in [5.74, 6) is 1.45. The van der Waals surface area contributed by atoms with Crippen LogP contribution in [0.4, 0.5) is 0 Å². The van der Waals surface area contributed by atoms with Gasteiger partial charge in [0.2, 0.25) is 5.91 Å². The van der Waals surface area contributed by atoms with E-state index < -0.39 is 0 Å². The third-order valence-electron chi connectivity index (χ3n) is 6.53. The van der Waals surface area contributed by atoms with Gasteiger partial charge in [-0.3, -0.25) is 9.80 Å². The number of H-pyrrole nitrogens is 1. The van der Waals surface area contributed by atoms with Crippen LogP contribution in [-0.2, 0) is 4.79 Å². The molecule has 4 unspecified atom stereocenters. The van der Waals surface area contributed by atoms with Gasteiger partial charge in [-0.1, -0.05) is 6.42 Å². The van der Waals surface area contributed by atoms with Gasteiger partial charge in [0.1, 0.15) is 6.17 Å². The zero-order valence-corrected chi connectivity index (χ0v) is 14.5. The second kappa shape index (κ2) is 6.18. The fourth-order valence-electron chi connectivity index (χ4n) is 5.40. The average molecular weight is 341 g/mol. The molecule has 6 nitrogen and oxygen atoms in total. The number of fused-ring (bicyclic) bond motifs is 3. The van der Waals surface area contributed by atoms with Crippen molar-refractivity contribution in [1.82, 2.24) is 26.1 Å². The van der Waals surface area contributed by atoms with Crippen LogP contribution in [0.1, 0.15) is 43.7 Å². The summed E-state index contributed by atoms with van der Waals surface area (Å²) < 4.78 is 0. The molecule has 0 spiro atoms. The topological polar surface area (TPSA) is 72.2 Å². The van der Waals surface area contributed by atoms with Crippen molar-refractivity contribution in [3.8, 4) is 0 Å². The molecule has 5 rings (SSSR count). The maximum atomic E-state index is 12.5. The first-order valence-electron chi connectivity index (χ1n) is 9.73. The number of nitrogens with one attached hydrogen (secondary N) is 4. The summed E-state index contributed by atoms with van der Waals surface area (Å²) in [7, 11) is 0. The molecule has 1 saturated carbocycles. The van der Waals surface area contributed by atoms with Crippen LogP contribution in [0.25, 0.3) is 0 Å². The lowest BCUT2D eigenvalue weighted by molar-refractivity contribution is -0.120.